The van der Waals surface area contributed by atoms with Crippen molar-refractivity contribution in [2.75, 3.05) is 25.1 Å². The highest BCUT2D eigenvalue weighted by Crippen LogP contribution is 2.36. The molecule has 184 valence electrons. The molecule has 1 aromatic heterocycles. The first-order valence-corrected chi connectivity index (χ1v) is 11.5. The van der Waals surface area contributed by atoms with Crippen molar-refractivity contribution < 1.29 is 28.6 Å². The van der Waals surface area contributed by atoms with Gasteiger partial charge in [-0.2, -0.15) is 0 Å². The Bertz CT molecular complexity index is 1450. The number of para-hydroxylation sites is 1. The number of benzene rings is 3. The zero-order chi connectivity index (χ0) is 25.4. The molecule has 0 spiro atoms. The molecular formula is C28H25FN2O5. The van der Waals surface area contributed by atoms with Crippen LogP contribution in [-0.4, -0.2) is 48.1 Å². The number of ether oxygens (including phenoxy) is 2. The van der Waals surface area contributed by atoms with Gasteiger partial charge in [0.15, 0.2) is 28.9 Å². The highest BCUT2D eigenvalue weighted by atomic mass is 19.1. The number of aromatic nitrogens is 1. The van der Waals surface area contributed by atoms with Gasteiger partial charge in [-0.25, -0.2) is 4.39 Å². The summed E-state index contributed by atoms with van der Waals surface area (Å²) >= 11 is 0. The summed E-state index contributed by atoms with van der Waals surface area (Å²) in [7, 11) is 1.86. The summed E-state index contributed by atoms with van der Waals surface area (Å²) in [5, 5.41) is 10.8. The molecule has 0 saturated heterocycles. The van der Waals surface area contributed by atoms with E-state index in [9.17, 15) is 19.1 Å². The van der Waals surface area contributed by atoms with Gasteiger partial charge < -0.3 is 24.5 Å². The van der Waals surface area contributed by atoms with E-state index in [4.69, 9.17) is 9.47 Å². The van der Waals surface area contributed by atoms with Crippen molar-refractivity contribution in [3.05, 3.63) is 89.9 Å². The van der Waals surface area contributed by atoms with Crippen LogP contribution in [0.25, 0.3) is 10.9 Å². The molecule has 0 amide bonds. The number of rotatable bonds is 7. The van der Waals surface area contributed by atoms with E-state index in [1.807, 2.05) is 18.0 Å². The van der Waals surface area contributed by atoms with Crippen LogP contribution >= 0.6 is 0 Å². The predicted octanol–water partition coefficient (Wildman–Crippen LogP) is 4.81. The molecule has 3 aromatic carbocycles. The smallest absolute Gasteiger partial charge is 0.321 e. The predicted molar refractivity (Wildman–Crippen MR) is 134 cm³/mol. The zero-order valence-electron chi connectivity index (χ0n) is 19.8. The van der Waals surface area contributed by atoms with Gasteiger partial charge in [-0.15, -0.1) is 0 Å². The summed E-state index contributed by atoms with van der Waals surface area (Å²) in [6, 6.07) is 18.1. The number of Topliss-reactive ketones (excluding diaryl/α,β-unsaturated/α-hetero) is 1. The molecule has 1 aliphatic heterocycles. The maximum atomic E-state index is 14.2. The average Bonchev–Trinajstić information content (AvgIpc) is 3.36. The Morgan fingerprint density at radius 3 is 2.64 bits per heavy atom. The topological polar surface area (TPSA) is 91.9 Å². The van der Waals surface area contributed by atoms with E-state index in [0.717, 1.165) is 5.52 Å². The maximum absolute atomic E-state index is 14.2. The number of nitrogens with one attached hydrogen (secondary N) is 1. The number of halogens is 1. The van der Waals surface area contributed by atoms with Crippen molar-refractivity contribution in [3.8, 4) is 11.5 Å². The monoisotopic (exact) mass is 488 g/mol. The maximum Gasteiger partial charge on any atom is 0.321 e. The van der Waals surface area contributed by atoms with Crippen molar-refractivity contribution in [2.45, 2.75) is 18.4 Å². The van der Waals surface area contributed by atoms with Crippen molar-refractivity contribution >= 4 is 28.3 Å². The number of aromatic amines is 1. The lowest BCUT2D eigenvalue weighted by atomic mass is 9.75. The van der Waals surface area contributed by atoms with Gasteiger partial charge in [0.05, 0.1) is 12.2 Å². The minimum Gasteiger partial charge on any atom is -0.490 e. The number of ketones is 1. The van der Waals surface area contributed by atoms with Gasteiger partial charge in [-0.3, -0.25) is 9.59 Å². The molecule has 0 fully saturated rings. The molecule has 36 heavy (non-hydrogen) atoms. The molecule has 2 N–H and O–H groups in total. The number of carbonyl (C=O) groups excluding carboxylic acids is 1. The second-order valence-corrected chi connectivity index (χ2v) is 9.05. The summed E-state index contributed by atoms with van der Waals surface area (Å²) in [6.45, 7) is 2.13. The SMILES string of the molecule is CN1C[C@@H](COc2ccc(C(=O)C(C)(C(=O)O)c3cccc4[nH]ccc34)cc2)Oc2c(F)cccc21. The largest absolute Gasteiger partial charge is 0.490 e. The first-order valence-electron chi connectivity index (χ1n) is 11.5. The molecule has 2 heterocycles. The van der Waals surface area contributed by atoms with Crippen LogP contribution in [0.2, 0.25) is 0 Å². The lowest BCUT2D eigenvalue weighted by Gasteiger charge is -2.33. The number of hydrogen-bond acceptors (Lipinski definition) is 5. The normalized spacial score (nSPS) is 16.6. The molecule has 1 aliphatic rings. The highest BCUT2D eigenvalue weighted by Gasteiger charge is 2.44. The Morgan fingerprint density at radius 1 is 1.14 bits per heavy atom. The van der Waals surface area contributed by atoms with E-state index in [0.29, 0.717) is 28.9 Å². The molecule has 0 bridgehead atoms. The van der Waals surface area contributed by atoms with Gasteiger partial charge in [0, 0.05) is 29.7 Å². The minimum atomic E-state index is -1.78. The van der Waals surface area contributed by atoms with E-state index in [-0.39, 0.29) is 17.9 Å². The van der Waals surface area contributed by atoms with E-state index in [2.05, 4.69) is 4.98 Å². The van der Waals surface area contributed by atoms with Crippen molar-refractivity contribution in [1.29, 1.82) is 0 Å². The number of carbonyl (C=O) groups is 2. The van der Waals surface area contributed by atoms with Gasteiger partial charge in [-0.1, -0.05) is 18.2 Å². The van der Waals surface area contributed by atoms with E-state index in [1.54, 1.807) is 60.8 Å². The molecule has 0 radical (unpaired) electrons. The van der Waals surface area contributed by atoms with E-state index < -0.39 is 29.1 Å². The first-order chi connectivity index (χ1) is 17.3. The quantitative estimate of drug-likeness (QED) is 0.287. The zero-order valence-corrected chi connectivity index (χ0v) is 19.8. The number of carboxylic acid groups (broad SMARTS) is 1. The minimum absolute atomic E-state index is 0.174. The van der Waals surface area contributed by atoms with Crippen LogP contribution < -0.4 is 14.4 Å². The van der Waals surface area contributed by atoms with Crippen LogP contribution in [0.5, 0.6) is 11.5 Å². The second kappa shape index (κ2) is 9.03. The number of anilines is 1. The first kappa shape index (κ1) is 23.4. The number of fused-ring (bicyclic) bond motifs is 2. The fraction of sp³-hybridized carbons (Fsp3) is 0.214. The fourth-order valence-electron chi connectivity index (χ4n) is 4.65. The number of likely N-dealkylation sites (N-methyl/N-ethyl adjacent to an activating group) is 1. The molecule has 4 aromatic rings. The molecule has 2 atom stereocenters. The Kier molecular flexibility index (Phi) is 5.88. The molecule has 0 aliphatic carbocycles. The van der Waals surface area contributed by atoms with Crippen LogP contribution in [0.1, 0.15) is 22.8 Å². The molecule has 7 nitrogen and oxygen atoms in total. The van der Waals surface area contributed by atoms with Crippen LogP contribution in [0.3, 0.4) is 0 Å². The molecule has 0 saturated carbocycles. The van der Waals surface area contributed by atoms with Crippen molar-refractivity contribution in [3.63, 3.8) is 0 Å². The Hall–Kier alpha value is -4.33. The number of hydrogen-bond donors (Lipinski definition) is 2. The van der Waals surface area contributed by atoms with Gasteiger partial charge in [0.2, 0.25) is 0 Å². The fourth-order valence-corrected chi connectivity index (χ4v) is 4.65. The lowest BCUT2D eigenvalue weighted by Crippen LogP contribution is -2.41. The molecule has 1 unspecified atom stereocenters. The number of H-pyrrole nitrogens is 1. The van der Waals surface area contributed by atoms with Crippen molar-refractivity contribution in [1.82, 2.24) is 4.98 Å². The summed E-state index contributed by atoms with van der Waals surface area (Å²) in [5.41, 5.74) is 0.345. The Labute approximate surface area is 207 Å². The van der Waals surface area contributed by atoms with Crippen LogP contribution in [0, 0.1) is 5.82 Å². The van der Waals surface area contributed by atoms with Crippen LogP contribution in [0.15, 0.2) is 72.9 Å². The van der Waals surface area contributed by atoms with Gasteiger partial charge in [-0.05, 0) is 61.0 Å². The third kappa shape index (κ3) is 3.94. The number of aliphatic carboxylic acids is 1. The lowest BCUT2D eigenvalue weighted by molar-refractivity contribution is -0.141. The van der Waals surface area contributed by atoms with Crippen LogP contribution in [0.4, 0.5) is 10.1 Å². The second-order valence-electron chi connectivity index (χ2n) is 9.05. The number of nitrogens with zero attached hydrogens (tertiary/aromatic N) is 1. The standard InChI is InChI=1S/C28H25FN2O5/c1-28(27(33)34,21-5-3-7-23-20(21)13-14-30-23)26(32)17-9-11-18(12-10-17)35-16-19-15-31(2)24-8-4-6-22(29)25(24)36-19/h3-14,19,30H,15-16H2,1-2H3,(H,33,34)/t19-,28?/m0/s1. The highest BCUT2D eigenvalue weighted by molar-refractivity contribution is 6.18. The summed E-state index contributed by atoms with van der Waals surface area (Å²) < 4.78 is 25.8. The Balaban J connectivity index is 1.32. The van der Waals surface area contributed by atoms with Gasteiger partial charge in [0.25, 0.3) is 0 Å². The molecular weight excluding hydrogens is 463 g/mol. The van der Waals surface area contributed by atoms with E-state index in [1.165, 1.54) is 13.0 Å². The summed E-state index contributed by atoms with van der Waals surface area (Å²) in [4.78, 5) is 30.8. The van der Waals surface area contributed by atoms with Gasteiger partial charge in [0.1, 0.15) is 12.4 Å². The van der Waals surface area contributed by atoms with E-state index >= 15 is 0 Å². The summed E-state index contributed by atoms with van der Waals surface area (Å²) in [5.74, 6) is -1.50. The third-order valence-corrected chi connectivity index (χ3v) is 6.69. The van der Waals surface area contributed by atoms with Crippen molar-refractivity contribution in [2.24, 2.45) is 0 Å². The number of carboxylic acids is 1. The molecule has 5 rings (SSSR count). The summed E-state index contributed by atoms with van der Waals surface area (Å²) in [6.07, 6.45) is 1.33. The molecule has 8 heteroatoms. The third-order valence-electron chi connectivity index (χ3n) is 6.69. The Morgan fingerprint density at radius 2 is 1.89 bits per heavy atom. The van der Waals surface area contributed by atoms with Crippen LogP contribution in [-0.2, 0) is 10.2 Å². The van der Waals surface area contributed by atoms with Gasteiger partial charge >= 0.3 is 5.97 Å². The average molecular weight is 489 g/mol.